The molecule has 0 aliphatic rings. The number of aryl methyl sites for hydroxylation is 3. The van der Waals surface area contributed by atoms with Crippen LogP contribution in [0.1, 0.15) is 52.3 Å². The summed E-state index contributed by atoms with van der Waals surface area (Å²) in [5.41, 5.74) is 5.31. The summed E-state index contributed by atoms with van der Waals surface area (Å²) in [7, 11) is 0. The monoisotopic (exact) mass is 405 g/mol. The van der Waals surface area contributed by atoms with Gasteiger partial charge >= 0.3 is 0 Å². The number of phenolic OH excluding ortho intramolecular Hbond substituents is 1. The van der Waals surface area contributed by atoms with E-state index in [1.165, 1.54) is 27.6 Å². The van der Waals surface area contributed by atoms with E-state index in [0.717, 1.165) is 19.3 Å². The molecule has 0 amide bonds. The van der Waals surface area contributed by atoms with Crippen LogP contribution < -0.4 is 0 Å². The number of phenols is 1. The van der Waals surface area contributed by atoms with Gasteiger partial charge in [0.25, 0.3) is 0 Å². The van der Waals surface area contributed by atoms with Crippen LogP contribution >= 0.6 is 0 Å². The average Bonchev–Trinajstić information content (AvgIpc) is 3.19. The van der Waals surface area contributed by atoms with Gasteiger partial charge in [-0.3, -0.25) is 0 Å². The predicted molar refractivity (Wildman–Crippen MR) is 134 cm³/mol. The summed E-state index contributed by atoms with van der Waals surface area (Å²) >= 11 is 0. The molecule has 0 aliphatic heterocycles. The molecule has 4 aromatic rings. The Bertz CT molecular complexity index is 924. The van der Waals surface area contributed by atoms with Crippen LogP contribution in [0, 0.1) is 0 Å². The minimum absolute atomic E-state index is 0. The zero-order valence-corrected chi connectivity index (χ0v) is 17.2. The van der Waals surface area contributed by atoms with E-state index in [4.69, 9.17) is 5.11 Å². The second kappa shape index (κ2) is 14.9. The van der Waals surface area contributed by atoms with Crippen molar-refractivity contribution in [2.45, 2.75) is 54.9 Å². The van der Waals surface area contributed by atoms with E-state index in [2.05, 4.69) is 80.5 Å². The second-order valence-corrected chi connectivity index (χ2v) is 6.57. The van der Waals surface area contributed by atoms with Crippen LogP contribution in [-0.2, 0) is 19.3 Å². The topological polar surface area (TPSA) is 36.0 Å². The quantitative estimate of drug-likeness (QED) is 0.354. The number of aromatic amines is 1. The molecule has 0 spiro atoms. The third-order valence-electron chi connectivity index (χ3n) is 4.65. The van der Waals surface area contributed by atoms with Crippen molar-refractivity contribution in [3.63, 3.8) is 0 Å². The van der Waals surface area contributed by atoms with Crippen LogP contribution in [0.2, 0.25) is 0 Å². The van der Waals surface area contributed by atoms with Gasteiger partial charge in [-0.2, -0.15) is 0 Å². The third-order valence-corrected chi connectivity index (χ3v) is 4.65. The first-order chi connectivity index (χ1) is 13.7. The molecule has 0 saturated heterocycles. The lowest BCUT2D eigenvalue weighted by Crippen LogP contribution is -1.75. The highest BCUT2D eigenvalue weighted by Crippen LogP contribution is 2.17. The van der Waals surface area contributed by atoms with Crippen LogP contribution in [0.3, 0.4) is 0 Å². The third kappa shape index (κ3) is 8.57. The summed E-state index contributed by atoms with van der Waals surface area (Å²) in [5.74, 6) is 0.340. The SMILES string of the molecule is C.C.CCc1c[nH]c2ccccc12.CCc1ccc(O)cc1.CCc1ccccc1. The molecule has 0 atom stereocenters. The number of H-pyrrole nitrogens is 1. The Labute approximate surface area is 183 Å². The van der Waals surface area contributed by atoms with Crippen LogP contribution in [0.5, 0.6) is 5.75 Å². The van der Waals surface area contributed by atoms with Gasteiger partial charge in [-0.05, 0) is 54.2 Å². The van der Waals surface area contributed by atoms with E-state index in [-0.39, 0.29) is 14.9 Å². The molecule has 0 bridgehead atoms. The fourth-order valence-corrected chi connectivity index (χ4v) is 2.87. The molecule has 162 valence electrons. The second-order valence-electron chi connectivity index (χ2n) is 6.57. The molecule has 0 unspecified atom stereocenters. The maximum absolute atomic E-state index is 8.85. The number of fused-ring (bicyclic) bond motifs is 1. The molecule has 2 nitrogen and oxygen atoms in total. The van der Waals surface area contributed by atoms with Crippen molar-refractivity contribution >= 4 is 10.9 Å². The molecule has 1 heterocycles. The van der Waals surface area contributed by atoms with Gasteiger partial charge < -0.3 is 10.1 Å². The van der Waals surface area contributed by atoms with Crippen molar-refractivity contribution in [3.8, 4) is 5.75 Å². The molecule has 0 radical (unpaired) electrons. The van der Waals surface area contributed by atoms with Gasteiger partial charge in [0.1, 0.15) is 5.75 Å². The van der Waals surface area contributed by atoms with Crippen molar-refractivity contribution in [2.75, 3.05) is 0 Å². The van der Waals surface area contributed by atoms with Gasteiger partial charge in [0, 0.05) is 17.1 Å². The van der Waals surface area contributed by atoms with E-state index in [9.17, 15) is 0 Å². The maximum atomic E-state index is 8.85. The van der Waals surface area contributed by atoms with Crippen molar-refractivity contribution in [3.05, 3.63) is 102 Å². The number of hydrogen-bond donors (Lipinski definition) is 2. The zero-order valence-electron chi connectivity index (χ0n) is 17.2. The Morgan fingerprint density at radius 3 is 1.70 bits per heavy atom. The minimum atomic E-state index is 0. The molecule has 0 aliphatic carbocycles. The number of rotatable bonds is 3. The van der Waals surface area contributed by atoms with Crippen molar-refractivity contribution < 1.29 is 5.11 Å². The Kier molecular flexibility index (Phi) is 13.4. The molecule has 0 fully saturated rings. The van der Waals surface area contributed by atoms with Crippen LogP contribution in [0.15, 0.2) is 85.1 Å². The number of aromatic nitrogens is 1. The van der Waals surface area contributed by atoms with Gasteiger partial charge in [-0.1, -0.05) is 96.3 Å². The number of hydrogen-bond acceptors (Lipinski definition) is 1. The van der Waals surface area contributed by atoms with E-state index >= 15 is 0 Å². The highest BCUT2D eigenvalue weighted by Gasteiger charge is 1.98. The van der Waals surface area contributed by atoms with Gasteiger partial charge in [0.15, 0.2) is 0 Å². The summed E-state index contributed by atoms with van der Waals surface area (Å²) in [6.45, 7) is 6.43. The first kappa shape index (κ1) is 27.0. The van der Waals surface area contributed by atoms with Gasteiger partial charge in [0.05, 0.1) is 0 Å². The first-order valence-corrected chi connectivity index (χ1v) is 10.0. The van der Waals surface area contributed by atoms with Crippen LogP contribution in [0.4, 0.5) is 0 Å². The van der Waals surface area contributed by atoms with Crippen LogP contribution in [0.25, 0.3) is 10.9 Å². The normalized spacial score (nSPS) is 9.17. The van der Waals surface area contributed by atoms with E-state index in [0.29, 0.717) is 5.75 Å². The van der Waals surface area contributed by atoms with E-state index in [1.807, 2.05) is 18.2 Å². The zero-order chi connectivity index (χ0) is 20.2. The predicted octanol–water partition coefficient (Wildman–Crippen LogP) is 8.21. The lowest BCUT2D eigenvalue weighted by Gasteiger charge is -1.93. The molecule has 2 heteroatoms. The number of para-hydroxylation sites is 1. The molecule has 4 rings (SSSR count). The lowest BCUT2D eigenvalue weighted by atomic mass is 10.1. The highest BCUT2D eigenvalue weighted by atomic mass is 16.3. The number of benzene rings is 3. The fourth-order valence-electron chi connectivity index (χ4n) is 2.87. The van der Waals surface area contributed by atoms with Gasteiger partial charge in [0.2, 0.25) is 0 Å². The fraction of sp³-hybridized carbons (Fsp3) is 0.286. The van der Waals surface area contributed by atoms with Crippen molar-refractivity contribution in [1.29, 1.82) is 0 Å². The molecule has 3 aromatic carbocycles. The first-order valence-electron chi connectivity index (χ1n) is 10.0. The summed E-state index contributed by atoms with van der Waals surface area (Å²) in [6.07, 6.45) is 5.36. The Balaban J connectivity index is 0.000000413. The minimum Gasteiger partial charge on any atom is -0.508 e. The maximum Gasteiger partial charge on any atom is 0.115 e. The summed E-state index contributed by atoms with van der Waals surface area (Å²) in [4.78, 5) is 3.24. The standard InChI is InChI=1S/C10H11N.C8H10O.C8H10.2CH4/c1-2-8-7-11-10-6-4-3-5-9(8)10;1-2-7-3-5-8(9)6-4-7;1-2-8-6-4-3-5-7-8;;/h3-7,11H,2H2,1H3;3-6,9H,2H2,1H3;3-7H,2H2,1H3;2*1H4. The van der Waals surface area contributed by atoms with Crippen molar-refractivity contribution in [2.24, 2.45) is 0 Å². The molecule has 0 saturated carbocycles. The lowest BCUT2D eigenvalue weighted by molar-refractivity contribution is 0.475. The molecule has 1 aromatic heterocycles. The molecule has 2 N–H and O–H groups in total. The molecular weight excluding hydrogens is 366 g/mol. The van der Waals surface area contributed by atoms with E-state index in [1.54, 1.807) is 12.1 Å². The Morgan fingerprint density at radius 2 is 1.17 bits per heavy atom. The number of nitrogens with one attached hydrogen (secondary N) is 1. The van der Waals surface area contributed by atoms with Gasteiger partial charge in [-0.15, -0.1) is 0 Å². The number of aromatic hydroxyl groups is 1. The summed E-state index contributed by atoms with van der Waals surface area (Å²) < 4.78 is 0. The van der Waals surface area contributed by atoms with E-state index < -0.39 is 0 Å². The average molecular weight is 406 g/mol. The Morgan fingerprint density at radius 1 is 0.633 bits per heavy atom. The summed E-state index contributed by atoms with van der Waals surface area (Å²) in [6, 6.07) is 26.1. The van der Waals surface area contributed by atoms with Crippen LogP contribution in [-0.4, -0.2) is 10.1 Å². The largest absolute Gasteiger partial charge is 0.508 e. The summed E-state index contributed by atoms with van der Waals surface area (Å²) in [5, 5.41) is 10.2. The smallest absolute Gasteiger partial charge is 0.115 e. The Hall–Kier alpha value is -3.00. The molecular formula is C28H39NO. The molecule has 30 heavy (non-hydrogen) atoms. The van der Waals surface area contributed by atoms with Crippen molar-refractivity contribution in [1.82, 2.24) is 4.98 Å². The highest BCUT2D eigenvalue weighted by molar-refractivity contribution is 5.82. The van der Waals surface area contributed by atoms with Gasteiger partial charge in [-0.25, -0.2) is 0 Å².